The summed E-state index contributed by atoms with van der Waals surface area (Å²) in [4.78, 5) is 4.85. The lowest BCUT2D eigenvalue weighted by Crippen LogP contribution is -2.20. The molecule has 0 saturated heterocycles. The van der Waals surface area contributed by atoms with Crippen LogP contribution < -0.4 is 9.80 Å². The summed E-state index contributed by atoms with van der Waals surface area (Å²) in [5.74, 6) is 0. The molecule has 0 N–H and O–H groups in total. The van der Waals surface area contributed by atoms with Crippen molar-refractivity contribution in [3.63, 3.8) is 0 Å². The Hall–Kier alpha value is -8.20. The van der Waals surface area contributed by atoms with Crippen LogP contribution in [0.1, 0.15) is 37.8 Å². The number of para-hydroxylation sites is 1. The molecule has 0 aliphatic carbocycles. The van der Waals surface area contributed by atoms with Crippen molar-refractivity contribution in [1.82, 2.24) is 0 Å². The van der Waals surface area contributed by atoms with E-state index >= 15 is 0 Å². The van der Waals surface area contributed by atoms with Gasteiger partial charge in [-0.05, 0) is 154 Å². The summed E-state index contributed by atoms with van der Waals surface area (Å²) in [6.07, 6.45) is 4.01. The van der Waals surface area contributed by atoms with E-state index in [4.69, 9.17) is 0 Å². The number of aryl methyl sites for hydroxylation is 1. The smallest absolute Gasteiger partial charge is 0.0541 e. The highest BCUT2D eigenvalue weighted by Crippen LogP contribution is 2.47. The molecular formula is C66H56N2. The second kappa shape index (κ2) is 19.3. The molecule has 330 valence electrons. The Labute approximate surface area is 402 Å². The van der Waals surface area contributed by atoms with Gasteiger partial charge in [0.05, 0.1) is 11.4 Å². The summed E-state index contributed by atoms with van der Waals surface area (Å²) in [6, 6.07) is 88.7. The topological polar surface area (TPSA) is 6.48 Å². The Morgan fingerprint density at radius 3 is 1.28 bits per heavy atom. The quantitative estimate of drug-likeness (QED) is 0.100. The SMILES string of the molecule is C=CCC(C)(CC)c1ccc(N(c2ccccc2)c2ccc(N(c3cccc(-c4ccc(C)cc4)c3)c3cccc(-c4cc(-c5ccccc5)cc(-c5ccccc5)c4)c3)c3ccccc23)cc1. The van der Waals surface area contributed by atoms with Crippen LogP contribution in [0.5, 0.6) is 0 Å². The highest BCUT2D eigenvalue weighted by Gasteiger charge is 2.25. The van der Waals surface area contributed by atoms with Crippen LogP contribution in [0.25, 0.3) is 55.3 Å². The first-order valence-electron chi connectivity index (χ1n) is 23.8. The summed E-state index contributed by atoms with van der Waals surface area (Å²) in [5, 5.41) is 2.30. The van der Waals surface area contributed by atoms with E-state index in [1.165, 1.54) is 44.5 Å². The van der Waals surface area contributed by atoms with E-state index in [-0.39, 0.29) is 5.41 Å². The Bertz CT molecular complexity index is 3260. The first-order valence-corrected chi connectivity index (χ1v) is 23.8. The Balaban J connectivity index is 1.16. The van der Waals surface area contributed by atoms with E-state index in [9.17, 15) is 0 Å². The molecule has 0 spiro atoms. The van der Waals surface area contributed by atoms with Crippen molar-refractivity contribution in [3.05, 3.63) is 266 Å². The maximum Gasteiger partial charge on any atom is 0.0541 e. The highest BCUT2D eigenvalue weighted by atomic mass is 15.2. The molecule has 10 rings (SSSR count). The van der Waals surface area contributed by atoms with Gasteiger partial charge in [-0.15, -0.1) is 6.58 Å². The van der Waals surface area contributed by atoms with Crippen LogP contribution in [-0.4, -0.2) is 0 Å². The Morgan fingerprint density at radius 2 is 0.779 bits per heavy atom. The standard InChI is InChI=1S/C66H56N2/c1-5-42-66(4,6-2)57-36-38-59(39-37-57)67(58-26-14-9-15-27-58)64-40-41-65(63-31-17-16-30-62(63)64)68(60-28-18-24-52(46-60)51-34-32-48(3)33-35-51)61-29-19-25-53(47-61)56-44-54(49-20-10-7-11-21-49)43-55(45-56)50-22-12-8-13-23-50/h5,7-41,43-47H,1,6,42H2,2-4H3. The van der Waals surface area contributed by atoms with Gasteiger partial charge in [0.15, 0.2) is 0 Å². The molecule has 0 aromatic heterocycles. The van der Waals surface area contributed by atoms with E-state index in [2.05, 4.69) is 280 Å². The normalized spacial score (nSPS) is 12.0. The van der Waals surface area contributed by atoms with Crippen molar-refractivity contribution in [3.8, 4) is 44.5 Å². The number of hydrogen-bond donors (Lipinski definition) is 0. The molecule has 10 aromatic rings. The maximum absolute atomic E-state index is 4.09. The molecule has 68 heavy (non-hydrogen) atoms. The average molecular weight is 877 g/mol. The van der Waals surface area contributed by atoms with Crippen molar-refractivity contribution < 1.29 is 0 Å². The largest absolute Gasteiger partial charge is 0.310 e. The number of nitrogens with zero attached hydrogens (tertiary/aromatic N) is 2. The molecule has 1 unspecified atom stereocenters. The first-order chi connectivity index (χ1) is 33.4. The molecule has 10 aromatic carbocycles. The van der Waals surface area contributed by atoms with Gasteiger partial charge in [-0.2, -0.15) is 0 Å². The van der Waals surface area contributed by atoms with Crippen LogP contribution in [0.4, 0.5) is 34.1 Å². The van der Waals surface area contributed by atoms with Crippen molar-refractivity contribution in [2.24, 2.45) is 0 Å². The average Bonchev–Trinajstić information content (AvgIpc) is 3.40. The molecule has 0 amide bonds. The number of hydrogen-bond acceptors (Lipinski definition) is 2. The van der Waals surface area contributed by atoms with Gasteiger partial charge >= 0.3 is 0 Å². The summed E-state index contributed by atoms with van der Waals surface area (Å²) in [7, 11) is 0. The zero-order valence-electron chi connectivity index (χ0n) is 39.2. The van der Waals surface area contributed by atoms with Crippen LogP contribution in [0.15, 0.2) is 255 Å². The number of fused-ring (bicyclic) bond motifs is 1. The van der Waals surface area contributed by atoms with Crippen LogP contribution in [0.3, 0.4) is 0 Å². The third kappa shape index (κ3) is 8.89. The van der Waals surface area contributed by atoms with Gasteiger partial charge in [-0.25, -0.2) is 0 Å². The lowest BCUT2D eigenvalue weighted by Gasteiger charge is -2.32. The Morgan fingerprint density at radius 1 is 0.382 bits per heavy atom. The fourth-order valence-corrected chi connectivity index (χ4v) is 9.67. The third-order valence-corrected chi connectivity index (χ3v) is 13.6. The minimum absolute atomic E-state index is 0.0264. The number of anilines is 6. The molecule has 0 heterocycles. The monoisotopic (exact) mass is 876 g/mol. The summed E-state index contributed by atoms with van der Waals surface area (Å²) in [5.41, 5.74) is 18.6. The van der Waals surface area contributed by atoms with Crippen LogP contribution >= 0.6 is 0 Å². The van der Waals surface area contributed by atoms with Gasteiger partial charge < -0.3 is 9.80 Å². The predicted octanol–water partition coefficient (Wildman–Crippen LogP) is 19.0. The summed E-state index contributed by atoms with van der Waals surface area (Å²) in [6.45, 7) is 10.8. The minimum atomic E-state index is 0.0264. The molecule has 2 heteroatoms. The van der Waals surface area contributed by atoms with Gasteiger partial charge in [0.1, 0.15) is 0 Å². The van der Waals surface area contributed by atoms with Gasteiger partial charge in [0, 0.05) is 33.5 Å². The predicted molar refractivity (Wildman–Crippen MR) is 292 cm³/mol. The molecular weight excluding hydrogens is 821 g/mol. The van der Waals surface area contributed by atoms with E-state index in [1.54, 1.807) is 0 Å². The van der Waals surface area contributed by atoms with Gasteiger partial charge in [0.2, 0.25) is 0 Å². The molecule has 0 radical (unpaired) electrons. The van der Waals surface area contributed by atoms with Gasteiger partial charge in [-0.3, -0.25) is 0 Å². The number of benzene rings is 10. The zero-order chi connectivity index (χ0) is 46.5. The van der Waals surface area contributed by atoms with Crippen molar-refractivity contribution in [2.45, 2.75) is 39.0 Å². The lowest BCUT2D eigenvalue weighted by molar-refractivity contribution is 0.461. The molecule has 0 aliphatic heterocycles. The van der Waals surface area contributed by atoms with Crippen molar-refractivity contribution >= 4 is 44.9 Å². The Kier molecular flexibility index (Phi) is 12.4. The van der Waals surface area contributed by atoms with E-state index in [0.717, 1.165) is 68.9 Å². The number of rotatable bonds is 14. The fraction of sp³-hybridized carbons (Fsp3) is 0.0909. The summed E-state index contributed by atoms with van der Waals surface area (Å²) >= 11 is 0. The minimum Gasteiger partial charge on any atom is -0.310 e. The zero-order valence-corrected chi connectivity index (χ0v) is 39.2. The highest BCUT2D eigenvalue weighted by molar-refractivity contribution is 6.07. The maximum atomic E-state index is 4.09. The third-order valence-electron chi connectivity index (χ3n) is 13.6. The molecule has 0 saturated carbocycles. The first kappa shape index (κ1) is 43.7. The van der Waals surface area contributed by atoms with Crippen LogP contribution in [0, 0.1) is 6.92 Å². The lowest BCUT2D eigenvalue weighted by atomic mass is 9.77. The van der Waals surface area contributed by atoms with Crippen molar-refractivity contribution in [2.75, 3.05) is 9.80 Å². The van der Waals surface area contributed by atoms with E-state index in [1.807, 2.05) is 6.08 Å². The molecule has 1 atom stereocenters. The fourth-order valence-electron chi connectivity index (χ4n) is 9.67. The van der Waals surface area contributed by atoms with Crippen LogP contribution in [0.2, 0.25) is 0 Å². The molecule has 0 fully saturated rings. The van der Waals surface area contributed by atoms with E-state index < -0.39 is 0 Å². The second-order valence-corrected chi connectivity index (χ2v) is 18.1. The van der Waals surface area contributed by atoms with Gasteiger partial charge in [-0.1, -0.05) is 189 Å². The van der Waals surface area contributed by atoms with E-state index in [0.29, 0.717) is 0 Å². The number of allylic oxidation sites excluding steroid dienone is 1. The summed E-state index contributed by atoms with van der Waals surface area (Å²) < 4.78 is 0. The van der Waals surface area contributed by atoms with Crippen LogP contribution in [-0.2, 0) is 5.41 Å². The van der Waals surface area contributed by atoms with Crippen molar-refractivity contribution in [1.29, 1.82) is 0 Å². The van der Waals surface area contributed by atoms with Gasteiger partial charge in [0.25, 0.3) is 0 Å². The molecule has 2 nitrogen and oxygen atoms in total. The second-order valence-electron chi connectivity index (χ2n) is 18.1. The molecule has 0 aliphatic rings. The molecule has 0 bridgehead atoms.